The minimum Gasteiger partial charge on any atom is -0.324 e. The van der Waals surface area contributed by atoms with Crippen molar-refractivity contribution < 1.29 is 4.39 Å². The predicted octanol–water partition coefficient (Wildman–Crippen LogP) is 3.03. The molecule has 0 heterocycles. The molecule has 0 aliphatic carbocycles. The Morgan fingerprint density at radius 2 is 2.08 bits per heavy atom. The van der Waals surface area contributed by atoms with Gasteiger partial charge in [-0.1, -0.05) is 22.0 Å². The summed E-state index contributed by atoms with van der Waals surface area (Å²) in [7, 11) is 0. The van der Waals surface area contributed by atoms with Gasteiger partial charge >= 0.3 is 0 Å². The summed E-state index contributed by atoms with van der Waals surface area (Å²) in [5.74, 6) is -0.249. The second-order valence-electron chi connectivity index (χ2n) is 2.45. The Balaban J connectivity index is 0.00000121. The fourth-order valence-electron chi connectivity index (χ4n) is 0.871. The Bertz CT molecular complexity index is 265. The molecule has 0 saturated heterocycles. The van der Waals surface area contributed by atoms with Gasteiger partial charge in [0.2, 0.25) is 0 Å². The molecule has 0 radical (unpaired) electrons. The van der Waals surface area contributed by atoms with Crippen molar-refractivity contribution in [3.63, 3.8) is 0 Å². The van der Waals surface area contributed by atoms with Crippen LogP contribution in [0.2, 0.25) is 0 Å². The molecule has 0 aromatic heterocycles. The predicted molar refractivity (Wildman–Crippen MR) is 54.0 cm³/mol. The zero-order valence-corrected chi connectivity index (χ0v) is 8.95. The first-order chi connectivity index (χ1) is 5.11. The zero-order chi connectivity index (χ0) is 8.43. The third-order valence-electron chi connectivity index (χ3n) is 1.45. The number of hydrogen-bond donors (Lipinski definition) is 1. The van der Waals surface area contributed by atoms with Gasteiger partial charge in [0.05, 0.1) is 0 Å². The third kappa shape index (κ3) is 2.73. The molecule has 0 fully saturated rings. The summed E-state index contributed by atoms with van der Waals surface area (Å²) < 4.78 is 13.3. The monoisotopic (exact) mass is 253 g/mol. The van der Waals surface area contributed by atoms with E-state index >= 15 is 0 Å². The van der Waals surface area contributed by atoms with Crippen molar-refractivity contribution in [2.24, 2.45) is 5.73 Å². The Morgan fingerprint density at radius 3 is 2.50 bits per heavy atom. The molecule has 0 amide bonds. The van der Waals surface area contributed by atoms with Crippen molar-refractivity contribution in [2.45, 2.75) is 13.0 Å². The number of benzene rings is 1. The van der Waals surface area contributed by atoms with Gasteiger partial charge in [0.15, 0.2) is 0 Å². The van der Waals surface area contributed by atoms with Crippen molar-refractivity contribution in [3.05, 3.63) is 34.1 Å². The minimum absolute atomic E-state index is 0. The van der Waals surface area contributed by atoms with Crippen LogP contribution in [0.5, 0.6) is 0 Å². The van der Waals surface area contributed by atoms with Gasteiger partial charge in [-0.15, -0.1) is 12.4 Å². The van der Waals surface area contributed by atoms with E-state index in [0.29, 0.717) is 0 Å². The second-order valence-corrected chi connectivity index (χ2v) is 3.31. The van der Waals surface area contributed by atoms with E-state index in [9.17, 15) is 4.39 Å². The van der Waals surface area contributed by atoms with E-state index in [0.717, 1.165) is 10.0 Å². The van der Waals surface area contributed by atoms with Crippen LogP contribution in [0.25, 0.3) is 0 Å². The molecule has 0 saturated carbocycles. The average molecular weight is 255 g/mol. The van der Waals surface area contributed by atoms with Crippen molar-refractivity contribution >= 4 is 28.3 Å². The minimum atomic E-state index is -0.249. The molecule has 1 unspecified atom stereocenters. The maximum atomic E-state index is 12.5. The van der Waals surface area contributed by atoms with E-state index in [4.69, 9.17) is 5.73 Å². The molecule has 1 aromatic carbocycles. The topological polar surface area (TPSA) is 26.0 Å². The summed E-state index contributed by atoms with van der Waals surface area (Å²) in [5, 5.41) is 0. The van der Waals surface area contributed by atoms with Gasteiger partial charge in [-0.2, -0.15) is 0 Å². The molecule has 4 heteroatoms. The molecule has 0 aliphatic rings. The largest absolute Gasteiger partial charge is 0.324 e. The van der Waals surface area contributed by atoms with Crippen molar-refractivity contribution in [2.75, 3.05) is 0 Å². The average Bonchev–Trinajstić information content (AvgIpc) is 1.85. The molecule has 1 aromatic rings. The molecular weight excluding hydrogens is 244 g/mol. The highest BCUT2D eigenvalue weighted by Crippen LogP contribution is 2.22. The molecule has 0 spiro atoms. The van der Waals surface area contributed by atoms with Crippen LogP contribution in [0.3, 0.4) is 0 Å². The fraction of sp³-hybridized carbons (Fsp3) is 0.250. The lowest BCUT2D eigenvalue weighted by molar-refractivity contribution is 0.624. The highest BCUT2D eigenvalue weighted by Gasteiger charge is 2.04. The van der Waals surface area contributed by atoms with Crippen molar-refractivity contribution in [1.29, 1.82) is 0 Å². The van der Waals surface area contributed by atoms with Crippen LogP contribution < -0.4 is 5.73 Å². The first-order valence-corrected chi connectivity index (χ1v) is 4.11. The Morgan fingerprint density at radius 1 is 1.50 bits per heavy atom. The second kappa shape index (κ2) is 4.80. The SMILES string of the molecule is CC(N)c1ccc(F)cc1Br.Cl. The summed E-state index contributed by atoms with van der Waals surface area (Å²) in [6.45, 7) is 1.86. The Kier molecular flexibility index (Phi) is 4.75. The third-order valence-corrected chi connectivity index (χ3v) is 2.14. The van der Waals surface area contributed by atoms with Crippen LogP contribution in [0.1, 0.15) is 18.5 Å². The van der Waals surface area contributed by atoms with Crippen molar-refractivity contribution in [1.82, 2.24) is 0 Å². The lowest BCUT2D eigenvalue weighted by Crippen LogP contribution is -2.05. The standard InChI is InChI=1S/C8H9BrFN.ClH/c1-5(11)7-3-2-6(10)4-8(7)9;/h2-5H,11H2,1H3;1H. The van der Waals surface area contributed by atoms with E-state index in [1.165, 1.54) is 12.1 Å². The number of halogens is 3. The molecule has 2 N–H and O–H groups in total. The van der Waals surface area contributed by atoms with Crippen LogP contribution >= 0.6 is 28.3 Å². The van der Waals surface area contributed by atoms with Crippen LogP contribution in [0.4, 0.5) is 4.39 Å². The lowest BCUT2D eigenvalue weighted by atomic mass is 10.1. The number of hydrogen-bond acceptors (Lipinski definition) is 1. The van der Waals surface area contributed by atoms with Gasteiger partial charge in [-0.3, -0.25) is 0 Å². The highest BCUT2D eigenvalue weighted by atomic mass is 79.9. The van der Waals surface area contributed by atoms with Gasteiger partial charge in [-0.05, 0) is 24.6 Å². The molecule has 68 valence electrons. The molecule has 0 bridgehead atoms. The first kappa shape index (κ1) is 11.9. The molecule has 12 heavy (non-hydrogen) atoms. The number of rotatable bonds is 1. The summed E-state index contributed by atoms with van der Waals surface area (Å²) in [4.78, 5) is 0. The summed E-state index contributed by atoms with van der Waals surface area (Å²) in [6, 6.07) is 4.44. The molecule has 0 aliphatic heterocycles. The van der Waals surface area contributed by atoms with Crippen LogP contribution in [-0.4, -0.2) is 0 Å². The smallest absolute Gasteiger partial charge is 0.124 e. The highest BCUT2D eigenvalue weighted by molar-refractivity contribution is 9.10. The summed E-state index contributed by atoms with van der Waals surface area (Å²) >= 11 is 3.23. The normalized spacial score (nSPS) is 12.0. The molecule has 1 nitrogen and oxygen atoms in total. The van der Waals surface area contributed by atoms with E-state index < -0.39 is 0 Å². The molecule has 1 rings (SSSR count). The Labute approximate surface area is 85.7 Å². The maximum Gasteiger partial charge on any atom is 0.124 e. The van der Waals surface area contributed by atoms with Crippen LogP contribution in [-0.2, 0) is 0 Å². The summed E-state index contributed by atoms with van der Waals surface area (Å²) in [5.41, 5.74) is 6.53. The van der Waals surface area contributed by atoms with Crippen LogP contribution in [0.15, 0.2) is 22.7 Å². The van der Waals surface area contributed by atoms with Crippen LogP contribution in [0, 0.1) is 5.82 Å². The van der Waals surface area contributed by atoms with E-state index in [-0.39, 0.29) is 24.3 Å². The van der Waals surface area contributed by atoms with E-state index in [1.54, 1.807) is 6.07 Å². The first-order valence-electron chi connectivity index (χ1n) is 3.32. The maximum absolute atomic E-state index is 12.5. The van der Waals surface area contributed by atoms with Gasteiger partial charge < -0.3 is 5.73 Å². The van der Waals surface area contributed by atoms with Crippen molar-refractivity contribution in [3.8, 4) is 0 Å². The quantitative estimate of drug-likeness (QED) is 0.819. The van der Waals surface area contributed by atoms with Gasteiger partial charge in [-0.25, -0.2) is 4.39 Å². The summed E-state index contributed by atoms with van der Waals surface area (Å²) in [6.07, 6.45) is 0. The fourth-order valence-corrected chi connectivity index (χ4v) is 1.58. The van der Waals surface area contributed by atoms with Gasteiger partial charge in [0.25, 0.3) is 0 Å². The molecular formula is C8H10BrClFN. The lowest BCUT2D eigenvalue weighted by Gasteiger charge is -2.07. The number of nitrogens with two attached hydrogens (primary N) is 1. The van der Waals surface area contributed by atoms with E-state index in [2.05, 4.69) is 15.9 Å². The van der Waals surface area contributed by atoms with E-state index in [1.807, 2.05) is 6.92 Å². The van der Waals surface area contributed by atoms with Gasteiger partial charge in [0, 0.05) is 10.5 Å². The zero-order valence-electron chi connectivity index (χ0n) is 6.55. The van der Waals surface area contributed by atoms with Gasteiger partial charge in [0.1, 0.15) is 5.82 Å². The molecule has 1 atom stereocenters. The Hall–Kier alpha value is -0.120.